The summed E-state index contributed by atoms with van der Waals surface area (Å²) in [5.41, 5.74) is 1.53. The lowest BCUT2D eigenvalue weighted by Gasteiger charge is -2.24. The number of hydrogen-bond acceptors (Lipinski definition) is 4. The van der Waals surface area contributed by atoms with Crippen LogP contribution in [0.5, 0.6) is 5.75 Å². The first-order valence-corrected chi connectivity index (χ1v) is 6.59. The number of hydrogen-bond donors (Lipinski definition) is 1. The Balaban J connectivity index is 2.36. The summed E-state index contributed by atoms with van der Waals surface area (Å²) in [6.45, 7) is 2.42. The third-order valence-corrected chi connectivity index (χ3v) is 3.21. The molecule has 0 saturated carbocycles. The Bertz CT molecular complexity index is 539. The highest BCUT2D eigenvalue weighted by molar-refractivity contribution is 5.30. The average Bonchev–Trinajstić information content (AvgIpc) is 2.86. The predicted octanol–water partition coefficient (Wildman–Crippen LogP) is 2.24. The highest BCUT2D eigenvalue weighted by Crippen LogP contribution is 2.35. The lowest BCUT2D eigenvalue weighted by molar-refractivity contribution is -0.0402. The first kappa shape index (κ1) is 14.6. The van der Waals surface area contributed by atoms with Crippen molar-refractivity contribution in [3.8, 4) is 5.75 Å². The van der Waals surface area contributed by atoms with E-state index < -0.39 is 12.2 Å². The van der Waals surface area contributed by atoms with Crippen molar-refractivity contribution < 1.29 is 14.6 Å². The number of aryl methyl sites for hydroxylation is 1. The zero-order valence-corrected chi connectivity index (χ0v) is 12.0. The molecular weight excluding hydrogens is 256 g/mol. The van der Waals surface area contributed by atoms with E-state index in [2.05, 4.69) is 5.10 Å². The zero-order chi connectivity index (χ0) is 14.5. The SMILES string of the molecule is CCOC(c1ccccc1)C(O)c1c(OC)cnn1C. The molecule has 0 fully saturated rings. The molecule has 2 unspecified atom stereocenters. The van der Waals surface area contributed by atoms with Gasteiger partial charge in [0.1, 0.15) is 17.9 Å². The molecule has 2 atom stereocenters. The van der Waals surface area contributed by atoms with E-state index in [1.54, 1.807) is 25.0 Å². The fourth-order valence-corrected chi connectivity index (χ4v) is 2.26. The van der Waals surface area contributed by atoms with Crippen molar-refractivity contribution in [2.75, 3.05) is 13.7 Å². The Labute approximate surface area is 118 Å². The average molecular weight is 276 g/mol. The Hall–Kier alpha value is -1.85. The van der Waals surface area contributed by atoms with E-state index >= 15 is 0 Å². The molecule has 0 aliphatic rings. The molecule has 0 bridgehead atoms. The molecular formula is C15H20N2O3. The number of ether oxygens (including phenoxy) is 2. The largest absolute Gasteiger partial charge is 0.493 e. The van der Waals surface area contributed by atoms with E-state index in [0.717, 1.165) is 5.56 Å². The summed E-state index contributed by atoms with van der Waals surface area (Å²) in [6.07, 6.45) is 0.289. The first-order chi connectivity index (χ1) is 9.69. The Kier molecular flexibility index (Phi) is 4.76. The van der Waals surface area contributed by atoms with Gasteiger partial charge in [-0.15, -0.1) is 0 Å². The summed E-state index contributed by atoms with van der Waals surface area (Å²) in [5, 5.41) is 14.8. The fraction of sp³-hybridized carbons (Fsp3) is 0.400. The van der Waals surface area contributed by atoms with Gasteiger partial charge in [-0.3, -0.25) is 4.68 Å². The topological polar surface area (TPSA) is 56.5 Å². The van der Waals surface area contributed by atoms with Crippen LogP contribution in [0.25, 0.3) is 0 Å². The number of benzene rings is 1. The van der Waals surface area contributed by atoms with Gasteiger partial charge in [0.05, 0.1) is 13.3 Å². The van der Waals surface area contributed by atoms with Gasteiger partial charge in [-0.2, -0.15) is 5.10 Å². The van der Waals surface area contributed by atoms with Gasteiger partial charge in [0.25, 0.3) is 0 Å². The van der Waals surface area contributed by atoms with Crippen LogP contribution in [-0.2, 0) is 11.8 Å². The zero-order valence-electron chi connectivity index (χ0n) is 12.0. The van der Waals surface area contributed by atoms with E-state index in [9.17, 15) is 5.11 Å². The monoisotopic (exact) mass is 276 g/mol. The summed E-state index contributed by atoms with van der Waals surface area (Å²) in [4.78, 5) is 0. The summed E-state index contributed by atoms with van der Waals surface area (Å²) < 4.78 is 12.6. The molecule has 20 heavy (non-hydrogen) atoms. The summed E-state index contributed by atoms with van der Waals surface area (Å²) in [6, 6.07) is 9.66. The highest BCUT2D eigenvalue weighted by Gasteiger charge is 2.28. The van der Waals surface area contributed by atoms with Gasteiger partial charge in [0.15, 0.2) is 5.75 Å². The second-order valence-electron chi connectivity index (χ2n) is 4.45. The number of methoxy groups -OCH3 is 1. The smallest absolute Gasteiger partial charge is 0.162 e. The van der Waals surface area contributed by atoms with E-state index in [1.807, 2.05) is 37.3 Å². The summed E-state index contributed by atoms with van der Waals surface area (Å²) >= 11 is 0. The second kappa shape index (κ2) is 6.54. The van der Waals surface area contributed by atoms with Crippen LogP contribution >= 0.6 is 0 Å². The summed E-state index contributed by atoms with van der Waals surface area (Å²) in [7, 11) is 3.33. The normalized spacial score (nSPS) is 14.0. The number of rotatable bonds is 6. The van der Waals surface area contributed by atoms with Gasteiger partial charge in [-0.25, -0.2) is 0 Å². The van der Waals surface area contributed by atoms with Crippen molar-refractivity contribution in [3.05, 3.63) is 47.8 Å². The molecule has 108 valence electrons. The van der Waals surface area contributed by atoms with Crippen molar-refractivity contribution in [2.45, 2.75) is 19.1 Å². The number of nitrogens with zero attached hydrogens (tertiary/aromatic N) is 2. The van der Waals surface area contributed by atoms with Gasteiger partial charge >= 0.3 is 0 Å². The fourth-order valence-electron chi connectivity index (χ4n) is 2.26. The van der Waals surface area contributed by atoms with Crippen LogP contribution in [0.4, 0.5) is 0 Å². The predicted molar refractivity (Wildman–Crippen MR) is 75.5 cm³/mol. The molecule has 1 N–H and O–H groups in total. The first-order valence-electron chi connectivity index (χ1n) is 6.59. The molecule has 0 spiro atoms. The maximum atomic E-state index is 10.7. The molecule has 0 aliphatic heterocycles. The Morgan fingerprint density at radius 2 is 2.00 bits per heavy atom. The summed E-state index contributed by atoms with van der Waals surface area (Å²) in [5.74, 6) is 0.556. The third kappa shape index (κ3) is 2.84. The molecule has 5 heteroatoms. The van der Waals surface area contributed by atoms with Crippen LogP contribution in [0.15, 0.2) is 36.5 Å². The van der Waals surface area contributed by atoms with Crippen molar-refractivity contribution in [3.63, 3.8) is 0 Å². The van der Waals surface area contributed by atoms with Crippen LogP contribution < -0.4 is 4.74 Å². The number of aromatic nitrogens is 2. The Morgan fingerprint density at radius 3 is 2.60 bits per heavy atom. The molecule has 1 aromatic heterocycles. The third-order valence-electron chi connectivity index (χ3n) is 3.21. The van der Waals surface area contributed by atoms with Gasteiger partial charge in [-0.1, -0.05) is 30.3 Å². The van der Waals surface area contributed by atoms with Gasteiger partial charge in [0, 0.05) is 13.7 Å². The van der Waals surface area contributed by atoms with E-state index in [0.29, 0.717) is 18.1 Å². The molecule has 5 nitrogen and oxygen atoms in total. The molecule has 0 radical (unpaired) electrons. The van der Waals surface area contributed by atoms with Crippen molar-refractivity contribution in [1.29, 1.82) is 0 Å². The van der Waals surface area contributed by atoms with Crippen LogP contribution in [0, 0.1) is 0 Å². The van der Waals surface area contributed by atoms with Crippen LogP contribution in [0.2, 0.25) is 0 Å². The van der Waals surface area contributed by atoms with Gasteiger partial charge < -0.3 is 14.6 Å². The maximum absolute atomic E-state index is 10.7. The standard InChI is InChI=1S/C15H20N2O3/c1-4-20-15(11-8-6-5-7-9-11)14(18)13-12(19-3)10-16-17(13)2/h5-10,14-15,18H,4H2,1-3H3. The molecule has 2 rings (SSSR count). The maximum Gasteiger partial charge on any atom is 0.162 e. The Morgan fingerprint density at radius 1 is 1.30 bits per heavy atom. The second-order valence-corrected chi connectivity index (χ2v) is 4.45. The minimum atomic E-state index is -0.847. The van der Waals surface area contributed by atoms with Crippen molar-refractivity contribution in [2.24, 2.45) is 7.05 Å². The van der Waals surface area contributed by atoms with Crippen molar-refractivity contribution >= 4 is 0 Å². The minimum absolute atomic E-state index is 0.453. The highest BCUT2D eigenvalue weighted by atomic mass is 16.5. The molecule has 1 heterocycles. The molecule has 0 saturated heterocycles. The van der Waals surface area contributed by atoms with Gasteiger partial charge in [0.2, 0.25) is 0 Å². The molecule has 1 aromatic carbocycles. The van der Waals surface area contributed by atoms with Gasteiger partial charge in [-0.05, 0) is 12.5 Å². The van der Waals surface area contributed by atoms with Crippen molar-refractivity contribution in [1.82, 2.24) is 9.78 Å². The molecule has 0 amide bonds. The number of aliphatic hydroxyl groups excluding tert-OH is 1. The van der Waals surface area contributed by atoms with E-state index in [4.69, 9.17) is 9.47 Å². The minimum Gasteiger partial charge on any atom is -0.493 e. The van der Waals surface area contributed by atoms with Crippen LogP contribution in [0.3, 0.4) is 0 Å². The molecule has 0 aliphatic carbocycles. The lowest BCUT2D eigenvalue weighted by atomic mass is 10.0. The van der Waals surface area contributed by atoms with E-state index in [1.165, 1.54) is 0 Å². The number of aliphatic hydroxyl groups is 1. The van der Waals surface area contributed by atoms with Crippen LogP contribution in [-0.4, -0.2) is 28.6 Å². The van der Waals surface area contributed by atoms with Crippen LogP contribution in [0.1, 0.15) is 30.4 Å². The quantitative estimate of drug-likeness (QED) is 0.879. The lowest BCUT2D eigenvalue weighted by Crippen LogP contribution is -2.18. The van der Waals surface area contributed by atoms with E-state index in [-0.39, 0.29) is 0 Å². The molecule has 2 aromatic rings.